The Bertz CT molecular complexity index is 1780. The van der Waals surface area contributed by atoms with Crippen LogP contribution >= 0.6 is 0 Å². The van der Waals surface area contributed by atoms with Gasteiger partial charge in [0.15, 0.2) is 11.4 Å². The van der Waals surface area contributed by atoms with Gasteiger partial charge in [0.1, 0.15) is 5.69 Å². The Morgan fingerprint density at radius 1 is 0.743 bits per heavy atom. The highest BCUT2D eigenvalue weighted by atomic mass is 16.5. The third-order valence-electron chi connectivity index (χ3n) is 6.95. The van der Waals surface area contributed by atoms with Crippen LogP contribution in [0.15, 0.2) is 109 Å². The van der Waals surface area contributed by atoms with Crippen LogP contribution in [-0.4, -0.2) is 9.55 Å². The Morgan fingerprint density at radius 3 is 2.09 bits per heavy atom. The fourth-order valence-corrected chi connectivity index (χ4v) is 5.38. The molecule has 1 aliphatic rings. The van der Waals surface area contributed by atoms with E-state index in [1.807, 2.05) is 12.1 Å². The van der Waals surface area contributed by atoms with Gasteiger partial charge in [0.2, 0.25) is 0 Å². The van der Waals surface area contributed by atoms with Crippen LogP contribution in [0, 0.1) is 16.5 Å². The van der Waals surface area contributed by atoms with E-state index in [9.17, 15) is 10.5 Å². The van der Waals surface area contributed by atoms with E-state index in [1.165, 1.54) is 10.8 Å². The molecule has 1 unspecified atom stereocenters. The van der Waals surface area contributed by atoms with Gasteiger partial charge in [0, 0.05) is 53.1 Å². The summed E-state index contributed by atoms with van der Waals surface area (Å²) in [5.41, 5.74) is 7.26. The molecule has 35 heavy (non-hydrogen) atoms. The molecule has 5 heteroatoms. The normalized spacial score (nSPS) is 16.2. The molecule has 0 N–H and O–H groups in total. The lowest BCUT2D eigenvalue weighted by Gasteiger charge is -2.38. The molecule has 7 rings (SSSR count). The summed E-state index contributed by atoms with van der Waals surface area (Å²) in [4.78, 5) is 4.34. The Morgan fingerprint density at radius 2 is 1.40 bits per heavy atom. The smallest absolute Gasteiger partial charge is 0.154 e. The van der Waals surface area contributed by atoms with Crippen LogP contribution in [0.1, 0.15) is 5.56 Å². The number of hydrogen-bond acceptors (Lipinski definition) is 3. The Hall–Kier alpha value is -4.76. The van der Waals surface area contributed by atoms with Crippen molar-refractivity contribution in [3.05, 3.63) is 120 Å². The first-order valence-corrected chi connectivity index (χ1v) is 11.4. The van der Waals surface area contributed by atoms with Crippen molar-refractivity contribution < 1.29 is 0 Å². The van der Waals surface area contributed by atoms with Crippen molar-refractivity contribution in [1.29, 1.82) is 5.26 Å². The summed E-state index contributed by atoms with van der Waals surface area (Å²) in [5, 5.41) is 26.2. The molecule has 1 atom stereocenters. The molecule has 3 heterocycles. The molecule has 0 amide bonds. The average molecular weight is 451 g/mol. The number of fused-ring (bicyclic) bond motifs is 6. The van der Waals surface area contributed by atoms with Crippen LogP contribution in [0.4, 0.5) is 17.1 Å². The lowest BCUT2D eigenvalue weighted by atomic mass is 10.1. The molecule has 0 aliphatic carbocycles. The van der Waals surface area contributed by atoms with Gasteiger partial charge in [-0.15, -0.1) is 0 Å². The van der Waals surface area contributed by atoms with Gasteiger partial charge in [0.25, 0.3) is 0 Å². The first-order chi connectivity index (χ1) is 17.2. The summed E-state index contributed by atoms with van der Waals surface area (Å²) in [6.07, 6.45) is 3.43. The highest BCUT2D eigenvalue weighted by Crippen LogP contribution is 2.57. The van der Waals surface area contributed by atoms with Crippen LogP contribution in [0.5, 0.6) is 0 Å². The molecule has 0 bridgehead atoms. The highest BCUT2D eigenvalue weighted by Gasteiger charge is 2.40. The lowest BCUT2D eigenvalue weighted by Crippen LogP contribution is -2.29. The second-order valence-corrected chi connectivity index (χ2v) is 8.73. The zero-order valence-electron chi connectivity index (χ0n) is 18.6. The van der Waals surface area contributed by atoms with Crippen molar-refractivity contribution in [2.24, 2.45) is 0 Å². The zero-order valence-corrected chi connectivity index (χ0v) is 18.6. The number of aromatic nitrogens is 2. The van der Waals surface area contributed by atoms with E-state index in [0.29, 0.717) is 22.6 Å². The maximum absolute atomic E-state index is 14.6. The van der Waals surface area contributed by atoms with Crippen molar-refractivity contribution in [3.8, 4) is 22.9 Å². The SMILES string of the molecule is N#Cc1ccc([N+]2([O-])c3ccncc3-c3cc(-n4c5ccccc5c5ccccc54)ccc32)cc1. The third kappa shape index (κ3) is 2.61. The summed E-state index contributed by atoms with van der Waals surface area (Å²) >= 11 is 0. The molecule has 4 aromatic carbocycles. The van der Waals surface area contributed by atoms with Gasteiger partial charge in [-0.05, 0) is 36.4 Å². The quantitative estimate of drug-likeness (QED) is 0.203. The number of benzene rings is 4. The van der Waals surface area contributed by atoms with Gasteiger partial charge in [-0.25, -0.2) is 0 Å². The van der Waals surface area contributed by atoms with E-state index in [-0.39, 0.29) is 0 Å². The maximum Gasteiger partial charge on any atom is 0.154 e. The molecule has 0 saturated carbocycles. The van der Waals surface area contributed by atoms with Crippen LogP contribution in [-0.2, 0) is 0 Å². The van der Waals surface area contributed by atoms with E-state index in [0.717, 1.165) is 27.8 Å². The van der Waals surface area contributed by atoms with Gasteiger partial charge < -0.3 is 9.77 Å². The second kappa shape index (κ2) is 7.12. The summed E-state index contributed by atoms with van der Waals surface area (Å²) in [5.74, 6) is 0. The predicted molar refractivity (Wildman–Crippen MR) is 140 cm³/mol. The minimum absolute atomic E-state index is 0.524. The summed E-state index contributed by atoms with van der Waals surface area (Å²) in [6.45, 7) is 0. The van der Waals surface area contributed by atoms with Crippen molar-refractivity contribution >= 4 is 38.9 Å². The predicted octanol–water partition coefficient (Wildman–Crippen LogP) is 7.50. The fraction of sp³-hybridized carbons (Fsp3) is 0. The lowest BCUT2D eigenvalue weighted by molar-refractivity contribution is 0.709. The van der Waals surface area contributed by atoms with Crippen LogP contribution in [0.2, 0.25) is 0 Å². The molecule has 1 aliphatic heterocycles. The minimum Gasteiger partial charge on any atom is -0.616 e. The van der Waals surface area contributed by atoms with Gasteiger partial charge in [-0.3, -0.25) is 9.63 Å². The fourth-order valence-electron chi connectivity index (χ4n) is 5.38. The van der Waals surface area contributed by atoms with E-state index in [1.54, 1.807) is 42.7 Å². The number of nitrogens with zero attached hydrogens (tertiary/aromatic N) is 4. The van der Waals surface area contributed by atoms with Crippen molar-refractivity contribution in [2.45, 2.75) is 0 Å². The summed E-state index contributed by atoms with van der Waals surface area (Å²) < 4.78 is 1.53. The minimum atomic E-state index is -0.716. The standard InChI is InChI=1S/C30H18N4O/c31-18-20-9-12-22(13-10-20)34(35)29-14-11-21(17-25(29)26-19-32-16-15-30(26)34)33-27-7-3-1-5-23(27)24-6-2-4-8-28(24)33/h1-17,19H. The number of para-hydroxylation sites is 2. The number of rotatable bonds is 2. The van der Waals surface area contributed by atoms with Crippen LogP contribution in [0.25, 0.3) is 38.6 Å². The van der Waals surface area contributed by atoms with Gasteiger partial charge >= 0.3 is 0 Å². The first kappa shape index (κ1) is 19.7. The number of quaternary nitrogens is 1. The third-order valence-corrected chi connectivity index (χ3v) is 6.95. The van der Waals surface area contributed by atoms with Crippen molar-refractivity contribution in [3.63, 3.8) is 0 Å². The molecule has 0 saturated heterocycles. The highest BCUT2D eigenvalue weighted by molar-refractivity contribution is 6.09. The first-order valence-electron chi connectivity index (χ1n) is 11.4. The topological polar surface area (TPSA) is 64.7 Å². The molecule has 0 fully saturated rings. The molecule has 6 aromatic rings. The molecule has 2 aromatic heterocycles. The molecular weight excluding hydrogens is 432 g/mol. The number of hydrogen-bond donors (Lipinski definition) is 0. The van der Waals surface area contributed by atoms with Crippen LogP contribution in [0.3, 0.4) is 0 Å². The van der Waals surface area contributed by atoms with E-state index in [4.69, 9.17) is 0 Å². The average Bonchev–Trinajstić information content (AvgIpc) is 3.39. The number of nitriles is 1. The van der Waals surface area contributed by atoms with E-state index >= 15 is 0 Å². The largest absolute Gasteiger partial charge is 0.616 e. The molecule has 164 valence electrons. The zero-order chi connectivity index (χ0) is 23.6. The van der Waals surface area contributed by atoms with Crippen LogP contribution < -0.4 is 4.65 Å². The van der Waals surface area contributed by atoms with E-state index in [2.05, 4.69) is 70.2 Å². The Labute approximate surface area is 201 Å². The molecule has 0 spiro atoms. The van der Waals surface area contributed by atoms with E-state index < -0.39 is 4.65 Å². The number of pyridine rings is 1. The Balaban J connectivity index is 1.50. The molecular formula is C30H18N4O. The summed E-state index contributed by atoms with van der Waals surface area (Å²) in [7, 11) is 0. The monoisotopic (exact) mass is 450 g/mol. The molecule has 0 radical (unpaired) electrons. The van der Waals surface area contributed by atoms with Gasteiger partial charge in [-0.2, -0.15) is 5.26 Å². The second-order valence-electron chi connectivity index (χ2n) is 8.73. The van der Waals surface area contributed by atoms with Crippen molar-refractivity contribution in [2.75, 3.05) is 0 Å². The summed E-state index contributed by atoms with van der Waals surface area (Å²) in [6, 6.07) is 33.6. The molecule has 5 nitrogen and oxygen atoms in total. The maximum atomic E-state index is 14.6. The van der Waals surface area contributed by atoms with Crippen molar-refractivity contribution in [1.82, 2.24) is 14.2 Å². The van der Waals surface area contributed by atoms with Gasteiger partial charge in [0.05, 0.1) is 33.8 Å². The Kier molecular flexibility index (Phi) is 4.00. The van der Waals surface area contributed by atoms with Gasteiger partial charge in [-0.1, -0.05) is 36.4 Å².